The van der Waals surface area contributed by atoms with Gasteiger partial charge in [-0.2, -0.15) is 5.10 Å². The van der Waals surface area contributed by atoms with Gasteiger partial charge in [0.05, 0.1) is 29.7 Å². The number of ether oxygens (including phenoxy) is 1. The Morgan fingerprint density at radius 3 is 2.64 bits per heavy atom. The van der Waals surface area contributed by atoms with Crippen molar-refractivity contribution in [3.8, 4) is 0 Å². The smallest absolute Gasteiger partial charge is 0.238 e. The van der Waals surface area contributed by atoms with Crippen LogP contribution in [0.15, 0.2) is 0 Å². The Kier molecular flexibility index (Phi) is 5.21. The van der Waals surface area contributed by atoms with Gasteiger partial charge in [-0.25, -0.2) is 0 Å². The number of aryl methyl sites for hydroxylation is 2. The van der Waals surface area contributed by atoms with E-state index in [1.54, 1.807) is 4.68 Å². The second-order valence-electron chi connectivity index (χ2n) is 7.77. The number of nitrogens with zero attached hydrogens (tertiary/aromatic N) is 3. The van der Waals surface area contributed by atoms with Crippen molar-refractivity contribution in [1.82, 2.24) is 14.7 Å². The molecular weight excluding hydrogens is 316 g/mol. The molecule has 140 valence electrons. The Morgan fingerprint density at radius 1 is 1.40 bits per heavy atom. The molecule has 0 saturated heterocycles. The summed E-state index contributed by atoms with van der Waals surface area (Å²) in [5, 5.41) is 7.42. The van der Waals surface area contributed by atoms with Gasteiger partial charge in [-0.3, -0.25) is 14.4 Å². The summed E-state index contributed by atoms with van der Waals surface area (Å²) in [5.74, 6) is 0.0368. The highest BCUT2D eigenvalue weighted by Crippen LogP contribution is 2.56. The maximum Gasteiger partial charge on any atom is 0.238 e. The van der Waals surface area contributed by atoms with Crippen molar-refractivity contribution < 1.29 is 9.53 Å². The van der Waals surface area contributed by atoms with Crippen LogP contribution in [0.2, 0.25) is 0 Å². The van der Waals surface area contributed by atoms with Crippen molar-refractivity contribution in [3.05, 3.63) is 11.4 Å². The van der Waals surface area contributed by atoms with Gasteiger partial charge in [0.15, 0.2) is 0 Å². The number of rotatable bonds is 6. The molecule has 1 aromatic heterocycles. The SMILES string of the molecule is CCOC1CC(N(C)CC(=O)Nc2c(C)nn(C)c2C)C12CCCC2. The second kappa shape index (κ2) is 7.08. The lowest BCUT2D eigenvalue weighted by Gasteiger charge is -2.57. The molecule has 2 atom stereocenters. The third kappa shape index (κ3) is 3.22. The Bertz CT molecular complexity index is 634. The molecule has 0 aliphatic heterocycles. The number of carbonyl (C=O) groups is 1. The zero-order valence-corrected chi connectivity index (χ0v) is 16.3. The molecule has 0 bridgehead atoms. The van der Waals surface area contributed by atoms with Gasteiger partial charge < -0.3 is 10.1 Å². The van der Waals surface area contributed by atoms with Crippen molar-refractivity contribution in [2.75, 3.05) is 25.5 Å². The first-order valence-electron chi connectivity index (χ1n) is 9.51. The van der Waals surface area contributed by atoms with Crippen molar-refractivity contribution in [3.63, 3.8) is 0 Å². The van der Waals surface area contributed by atoms with E-state index >= 15 is 0 Å². The predicted molar refractivity (Wildman–Crippen MR) is 98.7 cm³/mol. The van der Waals surface area contributed by atoms with E-state index in [9.17, 15) is 4.79 Å². The van der Waals surface area contributed by atoms with Gasteiger partial charge in [0, 0.05) is 25.1 Å². The average molecular weight is 348 g/mol. The minimum Gasteiger partial charge on any atom is -0.378 e. The molecule has 25 heavy (non-hydrogen) atoms. The first-order valence-corrected chi connectivity index (χ1v) is 9.51. The highest BCUT2D eigenvalue weighted by atomic mass is 16.5. The number of anilines is 1. The molecule has 0 aromatic carbocycles. The Balaban J connectivity index is 1.62. The lowest BCUT2D eigenvalue weighted by Crippen LogP contribution is -2.63. The van der Waals surface area contributed by atoms with Crippen LogP contribution < -0.4 is 5.32 Å². The molecule has 0 radical (unpaired) electrons. The van der Waals surface area contributed by atoms with E-state index in [0.717, 1.165) is 30.1 Å². The maximum atomic E-state index is 12.6. The number of carbonyl (C=O) groups excluding carboxylic acids is 1. The molecule has 1 spiro atoms. The summed E-state index contributed by atoms with van der Waals surface area (Å²) in [7, 11) is 3.98. The standard InChI is InChI=1S/C19H32N4O2/c1-6-25-16-11-15(19(16)9-7-8-10-19)22(4)12-17(24)20-18-13(2)21-23(5)14(18)3/h15-16H,6-12H2,1-5H3,(H,20,24). The fraction of sp³-hybridized carbons (Fsp3) is 0.789. The fourth-order valence-corrected chi connectivity index (χ4v) is 4.94. The van der Waals surface area contributed by atoms with Gasteiger partial charge in [0.2, 0.25) is 5.91 Å². The molecule has 2 unspecified atom stereocenters. The molecular formula is C19H32N4O2. The molecule has 3 rings (SSSR count). The number of hydrogen-bond donors (Lipinski definition) is 1. The van der Waals surface area contributed by atoms with E-state index in [-0.39, 0.29) is 11.3 Å². The summed E-state index contributed by atoms with van der Waals surface area (Å²) < 4.78 is 7.80. The lowest BCUT2D eigenvalue weighted by molar-refractivity contribution is -0.162. The van der Waals surface area contributed by atoms with Crippen LogP contribution in [0.1, 0.15) is 50.4 Å². The molecule has 1 heterocycles. The van der Waals surface area contributed by atoms with Crippen LogP contribution in [-0.2, 0) is 16.6 Å². The molecule has 1 amide bonds. The number of amides is 1. The minimum absolute atomic E-state index is 0.0368. The largest absolute Gasteiger partial charge is 0.378 e. The van der Waals surface area contributed by atoms with Gasteiger partial charge in [0.1, 0.15) is 0 Å². The Morgan fingerprint density at radius 2 is 2.08 bits per heavy atom. The summed E-state index contributed by atoms with van der Waals surface area (Å²) in [4.78, 5) is 14.8. The molecule has 1 aromatic rings. The van der Waals surface area contributed by atoms with Crippen LogP contribution >= 0.6 is 0 Å². The number of aromatic nitrogens is 2. The van der Waals surface area contributed by atoms with Crippen molar-refractivity contribution in [1.29, 1.82) is 0 Å². The van der Waals surface area contributed by atoms with E-state index < -0.39 is 0 Å². The Labute approximate surface area is 150 Å². The van der Waals surface area contributed by atoms with Crippen molar-refractivity contribution in [2.24, 2.45) is 12.5 Å². The van der Waals surface area contributed by atoms with E-state index in [0.29, 0.717) is 18.7 Å². The zero-order valence-electron chi connectivity index (χ0n) is 16.3. The molecule has 2 saturated carbocycles. The van der Waals surface area contributed by atoms with Crippen LogP contribution in [0.25, 0.3) is 0 Å². The first kappa shape index (κ1) is 18.4. The van der Waals surface area contributed by atoms with Crippen LogP contribution in [0.5, 0.6) is 0 Å². The molecule has 2 aliphatic rings. The summed E-state index contributed by atoms with van der Waals surface area (Å²) in [6, 6.07) is 0.452. The Hall–Kier alpha value is -1.40. The molecule has 6 nitrogen and oxygen atoms in total. The topological polar surface area (TPSA) is 59.4 Å². The average Bonchev–Trinajstić information content (AvgIpc) is 3.14. The van der Waals surface area contributed by atoms with Crippen LogP contribution in [-0.4, -0.2) is 52.9 Å². The number of nitrogens with one attached hydrogen (secondary N) is 1. The van der Waals surface area contributed by atoms with E-state index in [1.165, 1.54) is 25.7 Å². The third-order valence-corrected chi connectivity index (χ3v) is 6.34. The summed E-state index contributed by atoms with van der Waals surface area (Å²) in [6.07, 6.45) is 6.45. The molecule has 6 heteroatoms. The van der Waals surface area contributed by atoms with Crippen LogP contribution in [0.4, 0.5) is 5.69 Å². The maximum absolute atomic E-state index is 12.6. The van der Waals surface area contributed by atoms with E-state index in [2.05, 4.69) is 29.3 Å². The lowest BCUT2D eigenvalue weighted by atomic mass is 9.60. The van der Waals surface area contributed by atoms with Gasteiger partial charge in [-0.1, -0.05) is 12.8 Å². The summed E-state index contributed by atoms with van der Waals surface area (Å²) in [6.45, 7) is 7.18. The van der Waals surface area contributed by atoms with Crippen LogP contribution in [0.3, 0.4) is 0 Å². The summed E-state index contributed by atoms with van der Waals surface area (Å²) in [5.41, 5.74) is 2.96. The fourth-order valence-electron chi connectivity index (χ4n) is 4.94. The first-order chi connectivity index (χ1) is 11.9. The highest BCUT2D eigenvalue weighted by molar-refractivity contribution is 5.93. The summed E-state index contributed by atoms with van der Waals surface area (Å²) >= 11 is 0. The minimum atomic E-state index is 0.0368. The van der Waals surface area contributed by atoms with Crippen LogP contribution in [0, 0.1) is 19.3 Å². The molecule has 2 aliphatic carbocycles. The van der Waals surface area contributed by atoms with Gasteiger partial charge in [-0.15, -0.1) is 0 Å². The van der Waals surface area contributed by atoms with E-state index in [4.69, 9.17) is 4.74 Å². The number of likely N-dealkylation sites (N-methyl/N-ethyl adjacent to an activating group) is 1. The van der Waals surface area contributed by atoms with Crippen molar-refractivity contribution in [2.45, 2.75) is 65.0 Å². The zero-order chi connectivity index (χ0) is 18.2. The number of hydrogen-bond acceptors (Lipinski definition) is 4. The monoisotopic (exact) mass is 348 g/mol. The second-order valence-corrected chi connectivity index (χ2v) is 7.77. The molecule has 2 fully saturated rings. The van der Waals surface area contributed by atoms with Crippen molar-refractivity contribution >= 4 is 11.6 Å². The predicted octanol–water partition coefficient (Wildman–Crippen LogP) is 2.65. The van der Waals surface area contributed by atoms with E-state index in [1.807, 2.05) is 20.9 Å². The highest BCUT2D eigenvalue weighted by Gasteiger charge is 2.57. The third-order valence-electron chi connectivity index (χ3n) is 6.34. The van der Waals surface area contributed by atoms with Gasteiger partial charge in [-0.05, 0) is 47.1 Å². The normalized spacial score (nSPS) is 24.7. The molecule has 1 N–H and O–H groups in total. The van der Waals surface area contributed by atoms with Gasteiger partial charge >= 0.3 is 0 Å². The quantitative estimate of drug-likeness (QED) is 0.859. The van der Waals surface area contributed by atoms with Gasteiger partial charge in [0.25, 0.3) is 0 Å².